The zero-order valence-corrected chi connectivity index (χ0v) is 12.1. The maximum atomic E-state index is 11.7. The number of hydrogen-bond donors (Lipinski definition) is 1. The molecule has 0 unspecified atom stereocenters. The van der Waals surface area contributed by atoms with E-state index in [9.17, 15) is 4.79 Å². The number of aromatic nitrogens is 2. The van der Waals surface area contributed by atoms with Gasteiger partial charge in [-0.2, -0.15) is 0 Å². The second-order valence-corrected chi connectivity index (χ2v) is 4.59. The van der Waals surface area contributed by atoms with Crippen molar-refractivity contribution in [1.82, 2.24) is 9.97 Å². The number of aromatic amines is 1. The summed E-state index contributed by atoms with van der Waals surface area (Å²) in [4.78, 5) is 18.9. The van der Waals surface area contributed by atoms with Crippen molar-refractivity contribution < 1.29 is 9.47 Å². The van der Waals surface area contributed by atoms with Crippen molar-refractivity contribution in [2.75, 3.05) is 14.2 Å². The molecule has 0 aliphatic rings. The molecule has 0 spiro atoms. The largest absolute Gasteiger partial charge is 0.493 e. The molecular formula is C15H18N2O3. The summed E-state index contributed by atoms with van der Waals surface area (Å²) in [7, 11) is 3.19. The van der Waals surface area contributed by atoms with Crippen LogP contribution in [0.5, 0.6) is 11.5 Å². The van der Waals surface area contributed by atoms with Crippen LogP contribution in [0.3, 0.4) is 0 Å². The fourth-order valence-corrected chi connectivity index (χ4v) is 1.97. The second kappa shape index (κ2) is 5.77. The zero-order chi connectivity index (χ0) is 14.7. The number of methoxy groups -OCH3 is 2. The number of hydrogen-bond acceptors (Lipinski definition) is 4. The highest BCUT2D eigenvalue weighted by atomic mass is 16.5. The Kier molecular flexibility index (Phi) is 4.08. The molecular weight excluding hydrogens is 256 g/mol. The van der Waals surface area contributed by atoms with Gasteiger partial charge in [0.2, 0.25) is 0 Å². The van der Waals surface area contributed by atoms with E-state index in [0.717, 1.165) is 11.3 Å². The molecule has 0 radical (unpaired) electrons. The molecule has 0 fully saturated rings. The van der Waals surface area contributed by atoms with Gasteiger partial charge in [0, 0.05) is 17.7 Å². The number of ether oxygens (including phenoxy) is 2. The Morgan fingerprint density at radius 2 is 1.85 bits per heavy atom. The van der Waals surface area contributed by atoms with Gasteiger partial charge in [0.1, 0.15) is 5.82 Å². The summed E-state index contributed by atoms with van der Waals surface area (Å²) in [6.07, 6.45) is 0.538. The first kappa shape index (κ1) is 14.1. The average molecular weight is 274 g/mol. The molecule has 20 heavy (non-hydrogen) atoms. The molecule has 2 aromatic rings. The van der Waals surface area contributed by atoms with Crippen LogP contribution in [-0.4, -0.2) is 24.2 Å². The third-order valence-corrected chi connectivity index (χ3v) is 3.26. The molecule has 0 aliphatic carbocycles. The van der Waals surface area contributed by atoms with E-state index in [1.54, 1.807) is 21.1 Å². The van der Waals surface area contributed by atoms with Gasteiger partial charge in [-0.05, 0) is 31.5 Å². The summed E-state index contributed by atoms with van der Waals surface area (Å²) in [5.41, 5.74) is 2.31. The second-order valence-electron chi connectivity index (χ2n) is 4.59. The van der Waals surface area contributed by atoms with Crippen LogP contribution < -0.4 is 15.0 Å². The van der Waals surface area contributed by atoms with Crippen LogP contribution in [0.1, 0.15) is 22.6 Å². The molecule has 1 N–H and O–H groups in total. The van der Waals surface area contributed by atoms with Crippen LogP contribution in [0, 0.1) is 13.8 Å². The first-order valence-electron chi connectivity index (χ1n) is 6.32. The van der Waals surface area contributed by atoms with Crippen molar-refractivity contribution in [3.8, 4) is 11.5 Å². The third-order valence-electron chi connectivity index (χ3n) is 3.26. The first-order valence-corrected chi connectivity index (χ1v) is 6.32. The molecule has 0 aliphatic heterocycles. The predicted molar refractivity (Wildman–Crippen MR) is 76.7 cm³/mol. The lowest BCUT2D eigenvalue weighted by Crippen LogP contribution is -2.16. The van der Waals surface area contributed by atoms with Gasteiger partial charge in [-0.3, -0.25) is 4.79 Å². The molecule has 106 valence electrons. The zero-order valence-electron chi connectivity index (χ0n) is 12.1. The number of H-pyrrole nitrogens is 1. The molecule has 1 aromatic carbocycles. The van der Waals surface area contributed by atoms with Crippen molar-refractivity contribution in [2.24, 2.45) is 0 Å². The third kappa shape index (κ3) is 2.82. The quantitative estimate of drug-likeness (QED) is 0.926. The Labute approximate surface area is 117 Å². The SMILES string of the molecule is COc1ccc(Cc2nc(C)c(C)c(=O)[nH]2)cc1OC. The van der Waals surface area contributed by atoms with E-state index in [0.29, 0.717) is 29.3 Å². The number of nitrogens with one attached hydrogen (secondary N) is 1. The topological polar surface area (TPSA) is 64.2 Å². The first-order chi connectivity index (χ1) is 9.55. The lowest BCUT2D eigenvalue weighted by atomic mass is 10.1. The van der Waals surface area contributed by atoms with Gasteiger partial charge in [0.25, 0.3) is 5.56 Å². The van der Waals surface area contributed by atoms with Gasteiger partial charge in [-0.15, -0.1) is 0 Å². The van der Waals surface area contributed by atoms with Crippen LogP contribution in [0.2, 0.25) is 0 Å². The van der Waals surface area contributed by atoms with Crippen molar-refractivity contribution in [2.45, 2.75) is 20.3 Å². The minimum absolute atomic E-state index is 0.0898. The van der Waals surface area contributed by atoms with Gasteiger partial charge < -0.3 is 14.5 Å². The predicted octanol–water partition coefficient (Wildman–Crippen LogP) is 1.99. The molecule has 0 atom stereocenters. The van der Waals surface area contributed by atoms with Crippen molar-refractivity contribution in [3.05, 3.63) is 51.2 Å². The number of benzene rings is 1. The lowest BCUT2D eigenvalue weighted by Gasteiger charge is -2.10. The Hall–Kier alpha value is -2.30. The molecule has 2 rings (SSSR count). The number of rotatable bonds is 4. The monoisotopic (exact) mass is 274 g/mol. The van der Waals surface area contributed by atoms with Crippen LogP contribution in [0.15, 0.2) is 23.0 Å². The van der Waals surface area contributed by atoms with Crippen LogP contribution in [0.4, 0.5) is 0 Å². The standard InChI is InChI=1S/C15H18N2O3/c1-9-10(2)16-14(17-15(9)18)8-11-5-6-12(19-3)13(7-11)20-4/h5-7H,8H2,1-4H3,(H,16,17,18). The summed E-state index contributed by atoms with van der Waals surface area (Å²) >= 11 is 0. The Bertz CT molecular complexity index is 677. The lowest BCUT2D eigenvalue weighted by molar-refractivity contribution is 0.354. The van der Waals surface area contributed by atoms with E-state index in [1.165, 1.54) is 0 Å². The van der Waals surface area contributed by atoms with Gasteiger partial charge >= 0.3 is 0 Å². The molecule has 0 saturated carbocycles. The van der Waals surface area contributed by atoms with Crippen LogP contribution >= 0.6 is 0 Å². The molecule has 0 amide bonds. The molecule has 1 aromatic heterocycles. The number of nitrogens with zero attached hydrogens (tertiary/aromatic N) is 1. The van der Waals surface area contributed by atoms with E-state index in [-0.39, 0.29) is 5.56 Å². The van der Waals surface area contributed by atoms with Gasteiger partial charge in [0.15, 0.2) is 11.5 Å². The van der Waals surface area contributed by atoms with Gasteiger partial charge in [-0.1, -0.05) is 6.07 Å². The highest BCUT2D eigenvalue weighted by molar-refractivity contribution is 5.43. The smallest absolute Gasteiger partial charge is 0.254 e. The molecule has 5 nitrogen and oxygen atoms in total. The summed E-state index contributed by atoms with van der Waals surface area (Å²) in [5, 5.41) is 0. The van der Waals surface area contributed by atoms with Gasteiger partial charge in [-0.25, -0.2) is 4.98 Å². The van der Waals surface area contributed by atoms with E-state index >= 15 is 0 Å². The minimum Gasteiger partial charge on any atom is -0.493 e. The van der Waals surface area contributed by atoms with Crippen LogP contribution in [0.25, 0.3) is 0 Å². The fraction of sp³-hybridized carbons (Fsp3) is 0.333. The maximum Gasteiger partial charge on any atom is 0.254 e. The highest BCUT2D eigenvalue weighted by Gasteiger charge is 2.08. The maximum absolute atomic E-state index is 11.7. The molecule has 0 bridgehead atoms. The fourth-order valence-electron chi connectivity index (χ4n) is 1.97. The Balaban J connectivity index is 2.33. The molecule has 5 heteroatoms. The molecule has 0 saturated heterocycles. The van der Waals surface area contributed by atoms with E-state index < -0.39 is 0 Å². The number of aryl methyl sites for hydroxylation is 1. The summed E-state index contributed by atoms with van der Waals surface area (Å²) in [5.74, 6) is 1.99. The van der Waals surface area contributed by atoms with Gasteiger partial charge in [0.05, 0.1) is 14.2 Å². The van der Waals surface area contributed by atoms with Crippen LogP contribution in [-0.2, 0) is 6.42 Å². The minimum atomic E-state index is -0.0898. The summed E-state index contributed by atoms with van der Waals surface area (Å²) < 4.78 is 10.5. The molecule has 1 heterocycles. The normalized spacial score (nSPS) is 10.4. The average Bonchev–Trinajstić information content (AvgIpc) is 2.44. The van der Waals surface area contributed by atoms with E-state index in [2.05, 4.69) is 9.97 Å². The van der Waals surface area contributed by atoms with E-state index in [1.807, 2.05) is 25.1 Å². The summed E-state index contributed by atoms with van der Waals surface area (Å²) in [6, 6.07) is 5.65. The van der Waals surface area contributed by atoms with E-state index in [4.69, 9.17) is 9.47 Å². The van der Waals surface area contributed by atoms with Crippen molar-refractivity contribution in [1.29, 1.82) is 0 Å². The van der Waals surface area contributed by atoms with Crippen molar-refractivity contribution in [3.63, 3.8) is 0 Å². The highest BCUT2D eigenvalue weighted by Crippen LogP contribution is 2.28. The Morgan fingerprint density at radius 3 is 2.45 bits per heavy atom. The van der Waals surface area contributed by atoms with Crippen molar-refractivity contribution >= 4 is 0 Å². The Morgan fingerprint density at radius 1 is 1.15 bits per heavy atom. The summed E-state index contributed by atoms with van der Waals surface area (Å²) in [6.45, 7) is 3.60.